The van der Waals surface area contributed by atoms with Crippen molar-refractivity contribution in [2.75, 3.05) is 10.6 Å². The summed E-state index contributed by atoms with van der Waals surface area (Å²) >= 11 is 0. The molecule has 0 bridgehead atoms. The first-order valence-corrected chi connectivity index (χ1v) is 7.28. The van der Waals surface area contributed by atoms with Crippen LogP contribution in [0.15, 0.2) is 42.5 Å². The summed E-state index contributed by atoms with van der Waals surface area (Å²) in [5.41, 5.74) is 4.12. The second-order valence-corrected chi connectivity index (χ2v) is 5.18. The van der Waals surface area contributed by atoms with Gasteiger partial charge in [0, 0.05) is 23.9 Å². The van der Waals surface area contributed by atoms with Gasteiger partial charge >= 0.3 is 0 Å². The molecule has 4 heteroatoms. The molecule has 0 aliphatic heterocycles. The highest BCUT2D eigenvalue weighted by Gasteiger charge is 2.11. The van der Waals surface area contributed by atoms with Gasteiger partial charge in [-0.2, -0.15) is 0 Å². The van der Waals surface area contributed by atoms with Crippen LogP contribution in [0.25, 0.3) is 0 Å². The van der Waals surface area contributed by atoms with Gasteiger partial charge in [0.2, 0.25) is 5.91 Å². The SMILES string of the molecule is CCc1cccc(C)c1NC(=O)c1cccc(NC(C)=O)c1. The van der Waals surface area contributed by atoms with E-state index in [1.54, 1.807) is 24.3 Å². The highest BCUT2D eigenvalue weighted by atomic mass is 16.2. The van der Waals surface area contributed by atoms with Crippen LogP contribution < -0.4 is 10.6 Å². The molecule has 0 saturated carbocycles. The molecule has 0 fully saturated rings. The van der Waals surface area contributed by atoms with E-state index in [0.29, 0.717) is 11.3 Å². The summed E-state index contributed by atoms with van der Waals surface area (Å²) in [5, 5.41) is 5.65. The van der Waals surface area contributed by atoms with E-state index in [2.05, 4.69) is 17.6 Å². The molecule has 2 N–H and O–H groups in total. The van der Waals surface area contributed by atoms with Gasteiger partial charge in [-0.3, -0.25) is 9.59 Å². The molecule has 4 nitrogen and oxygen atoms in total. The van der Waals surface area contributed by atoms with Crippen molar-refractivity contribution < 1.29 is 9.59 Å². The van der Waals surface area contributed by atoms with Crippen molar-refractivity contribution in [3.63, 3.8) is 0 Å². The zero-order valence-corrected chi connectivity index (χ0v) is 13.1. The number of aryl methyl sites for hydroxylation is 2. The molecule has 0 heterocycles. The molecule has 0 atom stereocenters. The minimum atomic E-state index is -0.184. The normalized spacial score (nSPS) is 10.1. The van der Waals surface area contributed by atoms with Crippen LogP contribution in [-0.4, -0.2) is 11.8 Å². The molecular formula is C18H20N2O2. The highest BCUT2D eigenvalue weighted by molar-refractivity contribution is 6.06. The van der Waals surface area contributed by atoms with Crippen LogP contribution >= 0.6 is 0 Å². The summed E-state index contributed by atoms with van der Waals surface area (Å²) in [6.07, 6.45) is 0.850. The maximum Gasteiger partial charge on any atom is 0.255 e. The molecule has 2 aromatic carbocycles. The van der Waals surface area contributed by atoms with E-state index in [0.717, 1.165) is 23.2 Å². The average Bonchev–Trinajstić information content (AvgIpc) is 2.48. The minimum absolute atomic E-state index is 0.162. The Morgan fingerprint density at radius 1 is 1.05 bits per heavy atom. The number of anilines is 2. The lowest BCUT2D eigenvalue weighted by atomic mass is 10.1. The smallest absolute Gasteiger partial charge is 0.255 e. The number of carbonyl (C=O) groups excluding carboxylic acids is 2. The quantitative estimate of drug-likeness (QED) is 0.902. The second kappa shape index (κ2) is 6.89. The lowest BCUT2D eigenvalue weighted by molar-refractivity contribution is -0.114. The number of hydrogen-bond donors (Lipinski definition) is 2. The van der Waals surface area contributed by atoms with Crippen LogP contribution in [0.3, 0.4) is 0 Å². The third-order valence-corrected chi connectivity index (χ3v) is 3.42. The van der Waals surface area contributed by atoms with Gasteiger partial charge in [-0.15, -0.1) is 0 Å². The Morgan fingerprint density at radius 2 is 1.77 bits per heavy atom. The van der Waals surface area contributed by atoms with Gasteiger partial charge in [-0.1, -0.05) is 31.2 Å². The maximum absolute atomic E-state index is 12.4. The van der Waals surface area contributed by atoms with Crippen molar-refractivity contribution in [2.24, 2.45) is 0 Å². The predicted octanol–water partition coefficient (Wildman–Crippen LogP) is 3.77. The van der Waals surface area contributed by atoms with Gasteiger partial charge in [0.05, 0.1) is 0 Å². The molecule has 114 valence electrons. The summed E-state index contributed by atoms with van der Waals surface area (Å²) in [7, 11) is 0. The van der Waals surface area contributed by atoms with Gasteiger partial charge in [-0.05, 0) is 42.7 Å². The van der Waals surface area contributed by atoms with E-state index in [1.807, 2.05) is 25.1 Å². The summed E-state index contributed by atoms with van der Waals surface area (Å²) in [6.45, 7) is 5.47. The van der Waals surface area contributed by atoms with Crippen molar-refractivity contribution in [2.45, 2.75) is 27.2 Å². The molecule has 2 aromatic rings. The van der Waals surface area contributed by atoms with Gasteiger partial charge in [0.1, 0.15) is 0 Å². The third-order valence-electron chi connectivity index (χ3n) is 3.42. The standard InChI is InChI=1S/C18H20N2O2/c1-4-14-8-5-7-12(2)17(14)20-18(22)15-9-6-10-16(11-15)19-13(3)21/h5-11H,4H2,1-3H3,(H,19,21)(H,20,22). The summed E-state index contributed by atoms with van der Waals surface area (Å²) in [5.74, 6) is -0.346. The highest BCUT2D eigenvalue weighted by Crippen LogP contribution is 2.22. The molecular weight excluding hydrogens is 276 g/mol. The molecule has 22 heavy (non-hydrogen) atoms. The monoisotopic (exact) mass is 296 g/mol. The van der Waals surface area contributed by atoms with E-state index >= 15 is 0 Å². The lowest BCUT2D eigenvalue weighted by Crippen LogP contribution is -2.15. The van der Waals surface area contributed by atoms with Crippen LogP contribution in [-0.2, 0) is 11.2 Å². The van der Waals surface area contributed by atoms with Crippen LogP contribution in [0.1, 0.15) is 35.3 Å². The van der Waals surface area contributed by atoms with Gasteiger partial charge in [0.15, 0.2) is 0 Å². The van der Waals surface area contributed by atoms with Crippen molar-refractivity contribution in [1.82, 2.24) is 0 Å². The van der Waals surface area contributed by atoms with Crippen LogP contribution in [0.2, 0.25) is 0 Å². The number of nitrogens with one attached hydrogen (secondary N) is 2. The Morgan fingerprint density at radius 3 is 2.45 bits per heavy atom. The number of hydrogen-bond acceptors (Lipinski definition) is 2. The van der Waals surface area contributed by atoms with Crippen LogP contribution in [0.5, 0.6) is 0 Å². The topological polar surface area (TPSA) is 58.2 Å². The molecule has 0 radical (unpaired) electrons. The summed E-state index contributed by atoms with van der Waals surface area (Å²) < 4.78 is 0. The zero-order chi connectivity index (χ0) is 16.1. The number of carbonyl (C=O) groups is 2. The maximum atomic E-state index is 12.4. The van der Waals surface area contributed by atoms with E-state index < -0.39 is 0 Å². The van der Waals surface area contributed by atoms with Gasteiger partial charge < -0.3 is 10.6 Å². The average molecular weight is 296 g/mol. The van der Waals surface area contributed by atoms with Crippen molar-refractivity contribution in [1.29, 1.82) is 0 Å². The second-order valence-electron chi connectivity index (χ2n) is 5.18. The molecule has 0 aromatic heterocycles. The number of para-hydroxylation sites is 1. The molecule has 0 spiro atoms. The van der Waals surface area contributed by atoms with Gasteiger partial charge in [-0.25, -0.2) is 0 Å². The summed E-state index contributed by atoms with van der Waals surface area (Å²) in [4.78, 5) is 23.6. The van der Waals surface area contributed by atoms with E-state index in [1.165, 1.54) is 6.92 Å². The molecule has 2 rings (SSSR count). The fourth-order valence-electron chi connectivity index (χ4n) is 2.33. The third kappa shape index (κ3) is 3.73. The van der Waals surface area contributed by atoms with E-state index in [-0.39, 0.29) is 11.8 Å². The molecule has 0 aliphatic carbocycles. The van der Waals surface area contributed by atoms with Crippen molar-refractivity contribution >= 4 is 23.2 Å². The zero-order valence-electron chi connectivity index (χ0n) is 13.1. The predicted molar refractivity (Wildman–Crippen MR) is 89.3 cm³/mol. The number of amides is 2. The van der Waals surface area contributed by atoms with E-state index in [9.17, 15) is 9.59 Å². The number of benzene rings is 2. The van der Waals surface area contributed by atoms with Crippen molar-refractivity contribution in [3.05, 3.63) is 59.2 Å². The van der Waals surface area contributed by atoms with Gasteiger partial charge in [0.25, 0.3) is 5.91 Å². The Balaban J connectivity index is 2.25. The minimum Gasteiger partial charge on any atom is -0.326 e. The fraction of sp³-hybridized carbons (Fsp3) is 0.222. The Bertz CT molecular complexity index is 708. The Labute approximate surface area is 130 Å². The van der Waals surface area contributed by atoms with Crippen molar-refractivity contribution in [3.8, 4) is 0 Å². The fourth-order valence-corrected chi connectivity index (χ4v) is 2.33. The molecule has 2 amide bonds. The first kappa shape index (κ1) is 15.8. The lowest BCUT2D eigenvalue weighted by Gasteiger charge is -2.13. The van der Waals surface area contributed by atoms with Crippen LogP contribution in [0.4, 0.5) is 11.4 Å². The first-order valence-electron chi connectivity index (χ1n) is 7.28. The Kier molecular flexibility index (Phi) is 4.94. The molecule has 0 aliphatic rings. The Hall–Kier alpha value is -2.62. The molecule has 0 saturated heterocycles. The summed E-state index contributed by atoms with van der Waals surface area (Å²) in [6, 6.07) is 12.9. The van der Waals surface area contributed by atoms with E-state index in [4.69, 9.17) is 0 Å². The van der Waals surface area contributed by atoms with Crippen LogP contribution in [0, 0.1) is 6.92 Å². The molecule has 0 unspecified atom stereocenters. The largest absolute Gasteiger partial charge is 0.326 e. The first-order chi connectivity index (χ1) is 10.5. The number of rotatable bonds is 4.